The fourth-order valence-electron chi connectivity index (χ4n) is 3.12. The van der Waals surface area contributed by atoms with Gasteiger partial charge in [0, 0.05) is 31.2 Å². The lowest BCUT2D eigenvalue weighted by Gasteiger charge is -2.24. The molecule has 2 atom stereocenters. The summed E-state index contributed by atoms with van der Waals surface area (Å²) in [7, 11) is 0. The molecule has 1 aliphatic rings. The van der Waals surface area contributed by atoms with Crippen molar-refractivity contribution in [1.29, 1.82) is 0 Å². The predicted molar refractivity (Wildman–Crippen MR) is 90.0 cm³/mol. The van der Waals surface area contributed by atoms with Crippen LogP contribution in [-0.4, -0.2) is 41.1 Å². The van der Waals surface area contributed by atoms with E-state index >= 15 is 0 Å². The molecule has 0 radical (unpaired) electrons. The van der Waals surface area contributed by atoms with Crippen LogP contribution in [-0.2, 0) is 6.54 Å². The molecule has 1 amide bonds. The summed E-state index contributed by atoms with van der Waals surface area (Å²) in [5, 5.41) is 12.8. The highest BCUT2D eigenvalue weighted by molar-refractivity contribution is 5.94. The van der Waals surface area contributed by atoms with Crippen LogP contribution < -0.4 is 5.32 Å². The van der Waals surface area contributed by atoms with Crippen molar-refractivity contribution < 1.29 is 14.3 Å². The third kappa shape index (κ3) is 4.19. The third-order valence-corrected chi connectivity index (χ3v) is 4.32. The molecule has 24 heavy (non-hydrogen) atoms. The first kappa shape index (κ1) is 16.6. The van der Waals surface area contributed by atoms with E-state index in [1.807, 2.05) is 30.3 Å². The number of likely N-dealkylation sites (tertiary alicyclic amines) is 1. The Morgan fingerprint density at radius 2 is 2.00 bits per heavy atom. The van der Waals surface area contributed by atoms with Crippen molar-refractivity contribution in [3.8, 4) is 0 Å². The van der Waals surface area contributed by atoms with Crippen LogP contribution in [0.1, 0.15) is 22.3 Å². The van der Waals surface area contributed by atoms with Crippen LogP contribution >= 0.6 is 0 Å². The number of hydrogen-bond donors (Lipinski definition) is 2. The standard InChI is InChI=1S/C19H21FN2O2/c20-16-8-4-7-15(9-16)19(24)21-11-17-10-18(23)13-22(17)12-14-5-2-1-3-6-14/h1-9,17-18,23H,10-13H2,(H,21,24). The molecule has 0 aromatic heterocycles. The lowest BCUT2D eigenvalue weighted by molar-refractivity contribution is 0.0939. The minimum absolute atomic E-state index is 0.0673. The first-order valence-corrected chi connectivity index (χ1v) is 8.11. The van der Waals surface area contributed by atoms with Crippen LogP contribution in [0.25, 0.3) is 0 Å². The van der Waals surface area contributed by atoms with Gasteiger partial charge < -0.3 is 10.4 Å². The van der Waals surface area contributed by atoms with Gasteiger partial charge in [0.25, 0.3) is 5.91 Å². The smallest absolute Gasteiger partial charge is 0.251 e. The predicted octanol–water partition coefficient (Wildman–Crippen LogP) is 2.19. The Morgan fingerprint density at radius 3 is 2.75 bits per heavy atom. The highest BCUT2D eigenvalue weighted by Crippen LogP contribution is 2.20. The molecule has 0 spiro atoms. The number of rotatable bonds is 5. The van der Waals surface area contributed by atoms with E-state index in [1.165, 1.54) is 23.8 Å². The number of β-amino-alcohol motifs (C(OH)–C–C–N with tert-alkyl or cyclic N) is 1. The maximum Gasteiger partial charge on any atom is 0.251 e. The van der Waals surface area contributed by atoms with Gasteiger partial charge in [-0.25, -0.2) is 4.39 Å². The first-order chi connectivity index (χ1) is 11.6. The Bertz CT molecular complexity index is 693. The average molecular weight is 328 g/mol. The van der Waals surface area contributed by atoms with Crippen LogP contribution in [0, 0.1) is 5.82 Å². The molecule has 2 N–H and O–H groups in total. The lowest BCUT2D eigenvalue weighted by Crippen LogP contribution is -2.39. The number of amides is 1. The summed E-state index contributed by atoms with van der Waals surface area (Å²) in [5.74, 6) is -0.722. The molecule has 1 saturated heterocycles. The highest BCUT2D eigenvalue weighted by Gasteiger charge is 2.31. The summed E-state index contributed by atoms with van der Waals surface area (Å²) >= 11 is 0. The van der Waals surface area contributed by atoms with Gasteiger partial charge in [-0.05, 0) is 30.2 Å². The second kappa shape index (κ2) is 7.55. The number of hydrogen-bond acceptors (Lipinski definition) is 3. The van der Waals surface area contributed by atoms with Crippen LogP contribution in [0.2, 0.25) is 0 Å². The van der Waals surface area contributed by atoms with E-state index in [1.54, 1.807) is 6.07 Å². The fourth-order valence-corrected chi connectivity index (χ4v) is 3.12. The number of aliphatic hydroxyl groups excluding tert-OH is 1. The summed E-state index contributed by atoms with van der Waals surface area (Å²) in [6, 6.07) is 15.8. The van der Waals surface area contributed by atoms with Gasteiger partial charge in [-0.2, -0.15) is 0 Å². The van der Waals surface area contributed by atoms with Crippen molar-refractivity contribution >= 4 is 5.91 Å². The monoisotopic (exact) mass is 328 g/mol. The Morgan fingerprint density at radius 1 is 1.21 bits per heavy atom. The van der Waals surface area contributed by atoms with Gasteiger partial charge >= 0.3 is 0 Å². The molecular weight excluding hydrogens is 307 g/mol. The minimum atomic E-state index is -0.426. The van der Waals surface area contributed by atoms with Gasteiger partial charge in [0.2, 0.25) is 0 Å². The van der Waals surface area contributed by atoms with E-state index in [-0.39, 0.29) is 18.1 Å². The molecule has 2 aromatic rings. The summed E-state index contributed by atoms with van der Waals surface area (Å²) < 4.78 is 13.2. The van der Waals surface area contributed by atoms with Crippen molar-refractivity contribution in [3.05, 3.63) is 71.5 Å². The summed E-state index contributed by atoms with van der Waals surface area (Å²) in [6.07, 6.45) is 0.237. The molecule has 126 valence electrons. The van der Waals surface area contributed by atoms with E-state index in [2.05, 4.69) is 10.2 Å². The normalized spacial score (nSPS) is 20.9. The molecule has 0 bridgehead atoms. The van der Waals surface area contributed by atoms with E-state index < -0.39 is 5.82 Å². The van der Waals surface area contributed by atoms with E-state index in [9.17, 15) is 14.3 Å². The van der Waals surface area contributed by atoms with E-state index in [0.29, 0.717) is 25.1 Å². The van der Waals surface area contributed by atoms with E-state index in [0.717, 1.165) is 6.54 Å². The molecule has 1 fully saturated rings. The molecule has 4 nitrogen and oxygen atoms in total. The number of carbonyl (C=O) groups is 1. The molecular formula is C19H21FN2O2. The fraction of sp³-hybridized carbons (Fsp3) is 0.316. The SMILES string of the molecule is O=C(NCC1CC(O)CN1Cc1ccccc1)c1cccc(F)c1. The van der Waals surface area contributed by atoms with Gasteiger partial charge in [0.05, 0.1) is 6.10 Å². The van der Waals surface area contributed by atoms with Crippen molar-refractivity contribution in [2.45, 2.75) is 25.1 Å². The molecule has 5 heteroatoms. The quantitative estimate of drug-likeness (QED) is 0.885. The molecule has 2 aromatic carbocycles. The summed E-state index contributed by atoms with van der Waals surface area (Å²) in [6.45, 7) is 1.76. The Kier molecular flexibility index (Phi) is 5.23. The largest absolute Gasteiger partial charge is 0.392 e. The van der Waals surface area contributed by atoms with Crippen molar-refractivity contribution in [2.75, 3.05) is 13.1 Å². The molecule has 0 aliphatic carbocycles. The molecule has 1 aliphatic heterocycles. The number of aliphatic hydroxyl groups is 1. The number of halogens is 1. The van der Waals surface area contributed by atoms with E-state index in [4.69, 9.17) is 0 Å². The van der Waals surface area contributed by atoms with Gasteiger partial charge in [0.1, 0.15) is 5.82 Å². The second-order valence-electron chi connectivity index (χ2n) is 6.18. The first-order valence-electron chi connectivity index (χ1n) is 8.11. The summed E-state index contributed by atoms with van der Waals surface area (Å²) in [5.41, 5.74) is 1.48. The third-order valence-electron chi connectivity index (χ3n) is 4.32. The Labute approximate surface area is 140 Å². The van der Waals surface area contributed by atoms with Crippen LogP contribution in [0.15, 0.2) is 54.6 Å². The number of carbonyl (C=O) groups excluding carboxylic acids is 1. The number of benzene rings is 2. The zero-order valence-corrected chi connectivity index (χ0v) is 13.4. The van der Waals surface area contributed by atoms with Gasteiger partial charge in [-0.1, -0.05) is 36.4 Å². The molecule has 3 rings (SSSR count). The molecule has 1 heterocycles. The van der Waals surface area contributed by atoms with Gasteiger partial charge in [-0.15, -0.1) is 0 Å². The molecule has 0 saturated carbocycles. The Balaban J connectivity index is 1.59. The highest BCUT2D eigenvalue weighted by atomic mass is 19.1. The van der Waals surface area contributed by atoms with Crippen LogP contribution in [0.5, 0.6) is 0 Å². The zero-order valence-electron chi connectivity index (χ0n) is 13.4. The van der Waals surface area contributed by atoms with Crippen LogP contribution in [0.3, 0.4) is 0 Å². The van der Waals surface area contributed by atoms with Gasteiger partial charge in [-0.3, -0.25) is 9.69 Å². The van der Waals surface area contributed by atoms with Gasteiger partial charge in [0.15, 0.2) is 0 Å². The number of nitrogens with one attached hydrogen (secondary N) is 1. The van der Waals surface area contributed by atoms with Crippen LogP contribution in [0.4, 0.5) is 4.39 Å². The topological polar surface area (TPSA) is 52.6 Å². The van der Waals surface area contributed by atoms with Crippen molar-refractivity contribution in [3.63, 3.8) is 0 Å². The van der Waals surface area contributed by atoms with Crippen molar-refractivity contribution in [1.82, 2.24) is 10.2 Å². The minimum Gasteiger partial charge on any atom is -0.392 e. The zero-order chi connectivity index (χ0) is 16.9. The lowest BCUT2D eigenvalue weighted by atomic mass is 10.1. The average Bonchev–Trinajstić information content (AvgIpc) is 2.93. The summed E-state index contributed by atoms with van der Waals surface area (Å²) in [4.78, 5) is 14.3. The number of nitrogens with zero attached hydrogens (tertiary/aromatic N) is 1. The Hall–Kier alpha value is -2.24. The molecule has 2 unspecified atom stereocenters. The maximum absolute atomic E-state index is 13.2. The maximum atomic E-state index is 13.2. The van der Waals surface area contributed by atoms with Crippen molar-refractivity contribution in [2.24, 2.45) is 0 Å². The second-order valence-corrected chi connectivity index (χ2v) is 6.18.